The fraction of sp³-hybridized carbons (Fsp3) is 0.109. The van der Waals surface area contributed by atoms with Gasteiger partial charge in [0, 0.05) is 17.1 Å². The van der Waals surface area contributed by atoms with Crippen LogP contribution in [0, 0.1) is 20.8 Å². The van der Waals surface area contributed by atoms with Gasteiger partial charge in [0.05, 0.1) is 42.7 Å². The van der Waals surface area contributed by atoms with E-state index in [1.165, 1.54) is 50.2 Å². The van der Waals surface area contributed by atoms with E-state index in [1.54, 1.807) is 0 Å². The molecule has 7 aromatic carbocycles. The second-order valence-electron chi connectivity index (χ2n) is 12.1. The number of hydrogen-bond acceptors (Lipinski definition) is 1. The van der Waals surface area contributed by atoms with Gasteiger partial charge in [0.15, 0.2) is 0 Å². The minimum atomic E-state index is -0.783. The zero-order valence-electron chi connectivity index (χ0n) is 29.5. The van der Waals surface area contributed by atoms with E-state index < -0.39 is 15.8 Å². The summed E-state index contributed by atoms with van der Waals surface area (Å²) in [6, 6.07) is 67.0. The first kappa shape index (κ1) is 41.9. The zero-order valence-corrected chi connectivity index (χ0v) is 34.2. The zero-order chi connectivity index (χ0) is 34.1. The summed E-state index contributed by atoms with van der Waals surface area (Å²) >= 11 is 0. The third-order valence-electron chi connectivity index (χ3n) is 8.34. The van der Waals surface area contributed by atoms with Gasteiger partial charge < -0.3 is 4.99 Å². The molecule has 0 amide bonds. The third kappa shape index (κ3) is 13.5. The number of hydrogen-bond donors (Lipinski definition) is 0. The largest absolute Gasteiger partial charge is 2.00 e. The van der Waals surface area contributed by atoms with Gasteiger partial charge in [0.1, 0.15) is 12.3 Å². The van der Waals surface area contributed by atoms with Crippen LogP contribution in [-0.4, -0.2) is 18.5 Å². The molecule has 0 spiro atoms. The quantitative estimate of drug-likeness (QED) is 0.0595. The molecule has 0 aliphatic heterocycles. The first-order valence-corrected chi connectivity index (χ1v) is 20.4. The Hall–Kier alpha value is -3.49. The molecular formula is C46H47FeNP2Pd+2. The van der Waals surface area contributed by atoms with E-state index in [0.717, 1.165) is 11.3 Å². The van der Waals surface area contributed by atoms with Gasteiger partial charge in [-0.1, -0.05) is 90.5 Å². The van der Waals surface area contributed by atoms with Crippen molar-refractivity contribution in [2.45, 2.75) is 20.8 Å². The minimum Gasteiger partial charge on any atom is -0.304 e. The van der Waals surface area contributed by atoms with E-state index in [-0.39, 0.29) is 37.5 Å². The Balaban J connectivity index is 0.000000257. The topological polar surface area (TPSA) is 12.4 Å². The average molecular weight is 838 g/mol. The van der Waals surface area contributed by atoms with Crippen LogP contribution in [0.4, 0.5) is 5.69 Å². The number of nitrogens with zero attached hydrogens (tertiary/aromatic N) is 1. The van der Waals surface area contributed by atoms with Crippen molar-refractivity contribution < 1.29 is 37.5 Å². The SMILES string of the molecule is Cc1cc(C)c(N=Cc2ccc[cH-]2)c(C)c1.[Fe].[Pd+2].c1cc[cH-]c1.c1ccc([PH+](CC[PH+](c2ccccc2)c2ccccc2)c2ccccc2)cc1. The molecule has 262 valence electrons. The first-order valence-electron chi connectivity index (χ1n) is 17.0. The normalized spacial score (nSPS) is 10.4. The molecule has 1 nitrogen and oxygen atoms in total. The van der Waals surface area contributed by atoms with Gasteiger partial charge in [-0.2, -0.15) is 36.4 Å². The van der Waals surface area contributed by atoms with E-state index in [9.17, 15) is 0 Å². The average Bonchev–Trinajstić information content (AvgIpc) is 3.90. The van der Waals surface area contributed by atoms with Crippen LogP contribution in [0.15, 0.2) is 193 Å². The molecule has 7 aromatic rings. The Morgan fingerprint density at radius 3 is 1.22 bits per heavy atom. The van der Waals surface area contributed by atoms with Gasteiger partial charge in [0.2, 0.25) is 0 Å². The first-order chi connectivity index (χ1) is 24.1. The van der Waals surface area contributed by atoms with Gasteiger partial charge in [0.25, 0.3) is 0 Å². The van der Waals surface area contributed by atoms with Gasteiger partial charge in [-0.05, 0) is 86.6 Å². The fourth-order valence-corrected chi connectivity index (χ4v) is 12.2. The van der Waals surface area contributed by atoms with Crippen molar-refractivity contribution in [2.24, 2.45) is 4.99 Å². The number of benzene rings is 5. The van der Waals surface area contributed by atoms with E-state index in [1.807, 2.05) is 48.7 Å². The maximum absolute atomic E-state index is 4.56. The molecule has 0 saturated heterocycles. The molecule has 51 heavy (non-hydrogen) atoms. The molecule has 0 atom stereocenters. The smallest absolute Gasteiger partial charge is 0.304 e. The summed E-state index contributed by atoms with van der Waals surface area (Å²) in [6.07, 6.45) is 4.44. The number of aliphatic imine (C=N–C) groups is 1. The molecule has 0 unspecified atom stereocenters. The van der Waals surface area contributed by atoms with Crippen LogP contribution in [0.2, 0.25) is 0 Å². The van der Waals surface area contributed by atoms with Gasteiger partial charge in [-0.3, -0.25) is 0 Å². The molecule has 0 aliphatic carbocycles. The molecule has 0 radical (unpaired) electrons. The number of rotatable bonds is 9. The van der Waals surface area contributed by atoms with Crippen LogP contribution in [0.25, 0.3) is 0 Å². The second kappa shape index (κ2) is 23.1. The summed E-state index contributed by atoms with van der Waals surface area (Å²) in [5.41, 5.74) is 6.01. The summed E-state index contributed by atoms with van der Waals surface area (Å²) in [5.74, 6) is 0. The Morgan fingerprint density at radius 2 is 0.902 bits per heavy atom. The molecule has 0 aliphatic rings. The summed E-state index contributed by atoms with van der Waals surface area (Å²) in [6.45, 7) is 6.33. The Morgan fingerprint density at radius 1 is 0.510 bits per heavy atom. The van der Waals surface area contributed by atoms with Crippen molar-refractivity contribution in [3.8, 4) is 0 Å². The maximum atomic E-state index is 4.56. The standard InChI is InChI=1S/C26H24P2.C15H16N.C5H5.Fe.Pd/c1-5-13-23(14-6-1)27(24-15-7-2-8-16-24)21-22-28(25-17-9-3-10-18-25)26-19-11-4-12-20-26;1-11-8-12(2)15(13(3)9-11)16-10-14-6-4-5-7-14;1-2-4-5-3-1;;/h1-20H,21-22H2;4-10H,1-3H3;1-5H;;/q;2*-1;;+2/p+2. The summed E-state index contributed by atoms with van der Waals surface area (Å²) in [4.78, 5) is 4.56. The minimum absolute atomic E-state index is 0. The van der Waals surface area contributed by atoms with Crippen LogP contribution in [0.5, 0.6) is 0 Å². The molecular weight excluding hydrogens is 791 g/mol. The number of aryl methyl sites for hydroxylation is 3. The van der Waals surface area contributed by atoms with Crippen molar-refractivity contribution in [1.29, 1.82) is 0 Å². The molecule has 5 heteroatoms. The van der Waals surface area contributed by atoms with Crippen LogP contribution in [0.3, 0.4) is 0 Å². The molecule has 0 fully saturated rings. The molecule has 7 rings (SSSR count). The van der Waals surface area contributed by atoms with Crippen LogP contribution in [-0.2, 0) is 37.5 Å². The summed E-state index contributed by atoms with van der Waals surface area (Å²) < 4.78 is 0. The molecule has 0 heterocycles. The maximum Gasteiger partial charge on any atom is 2.00 e. The van der Waals surface area contributed by atoms with Crippen molar-refractivity contribution in [3.63, 3.8) is 0 Å². The van der Waals surface area contributed by atoms with Crippen molar-refractivity contribution in [2.75, 3.05) is 12.3 Å². The van der Waals surface area contributed by atoms with Gasteiger partial charge >= 0.3 is 20.4 Å². The molecule has 0 N–H and O–H groups in total. The van der Waals surface area contributed by atoms with E-state index in [2.05, 4.69) is 171 Å². The summed E-state index contributed by atoms with van der Waals surface area (Å²) in [7, 11) is -1.57. The predicted octanol–water partition coefficient (Wildman–Crippen LogP) is 10.2. The van der Waals surface area contributed by atoms with Crippen molar-refractivity contribution >= 4 is 49.0 Å². The monoisotopic (exact) mass is 837 g/mol. The van der Waals surface area contributed by atoms with E-state index in [4.69, 9.17) is 0 Å². The van der Waals surface area contributed by atoms with E-state index >= 15 is 0 Å². The Labute approximate surface area is 332 Å². The molecule has 0 aromatic heterocycles. The molecule has 0 saturated carbocycles. The van der Waals surface area contributed by atoms with Crippen molar-refractivity contribution in [3.05, 3.63) is 210 Å². The van der Waals surface area contributed by atoms with Crippen LogP contribution < -0.4 is 21.2 Å². The van der Waals surface area contributed by atoms with Gasteiger partial charge in [-0.25, -0.2) is 12.1 Å². The van der Waals surface area contributed by atoms with Crippen molar-refractivity contribution in [1.82, 2.24) is 0 Å². The van der Waals surface area contributed by atoms with E-state index in [0.29, 0.717) is 0 Å². The Kier molecular flexibility index (Phi) is 19.0. The third-order valence-corrected chi connectivity index (χ3v) is 14.5. The Bertz CT molecular complexity index is 1730. The van der Waals surface area contributed by atoms with Crippen LogP contribution in [0.1, 0.15) is 22.3 Å². The molecule has 0 bridgehead atoms. The fourth-order valence-electron chi connectivity index (χ4n) is 6.03. The van der Waals surface area contributed by atoms with Gasteiger partial charge in [-0.15, -0.1) is 11.6 Å². The predicted molar refractivity (Wildman–Crippen MR) is 223 cm³/mol. The summed E-state index contributed by atoms with van der Waals surface area (Å²) in [5, 5.41) is 6.06. The van der Waals surface area contributed by atoms with Crippen LogP contribution >= 0.6 is 15.8 Å². The second-order valence-corrected chi connectivity index (χ2v) is 17.3.